The van der Waals surface area contributed by atoms with Crippen LogP contribution in [0.15, 0.2) is 54.6 Å². The van der Waals surface area contributed by atoms with Gasteiger partial charge in [-0.25, -0.2) is 0 Å². The molecule has 2 aliphatic heterocycles. The van der Waals surface area contributed by atoms with Gasteiger partial charge in [0.2, 0.25) is 11.8 Å². The molecule has 2 fully saturated rings. The number of hydrogen-bond donors (Lipinski definition) is 3. The molecule has 0 spiro atoms. The zero-order valence-corrected chi connectivity index (χ0v) is 17.5. The Morgan fingerprint density at radius 1 is 1.06 bits per heavy atom. The molecule has 0 bridgehead atoms. The van der Waals surface area contributed by atoms with Crippen molar-refractivity contribution in [3.63, 3.8) is 0 Å². The smallest absolute Gasteiger partial charge is 0.324 e. The number of carbonyl (C=O) groups excluding carboxylic acids is 2. The van der Waals surface area contributed by atoms with Crippen LogP contribution in [0.25, 0.3) is 0 Å². The van der Waals surface area contributed by atoms with Crippen LogP contribution in [0.2, 0.25) is 0 Å². The number of imide groups is 1. The topological polar surface area (TPSA) is 107 Å². The number of phenolic OH excluding ortho intramolecular Hbond substituents is 1. The Bertz CT molecular complexity index is 1020. The highest BCUT2D eigenvalue weighted by molar-refractivity contribution is 6.09. The molecule has 3 N–H and O–H groups in total. The standard InChI is InChI=1S/C24H26N2O5/c1-14(2)12-24(23(30)31)19-18(20(25-24)16-10-6-7-11-17(16)27)21(28)26(22(19)29)13-15-8-4-3-5-9-15/h3-11,14,18-20,25,27H,12-13H2,1-2H3,(H,30,31). The number of likely N-dealkylation sites (tertiary alicyclic amines) is 1. The first kappa shape index (κ1) is 21.1. The van der Waals surface area contributed by atoms with Crippen LogP contribution in [0, 0.1) is 17.8 Å². The predicted molar refractivity (Wildman–Crippen MR) is 113 cm³/mol. The van der Waals surface area contributed by atoms with E-state index in [1.165, 1.54) is 11.0 Å². The molecule has 0 aliphatic carbocycles. The molecule has 2 aromatic rings. The fourth-order valence-electron chi connectivity index (χ4n) is 5.12. The SMILES string of the molecule is CC(C)CC1(C(=O)O)NC(c2ccccc2O)C2C(=O)N(Cc3ccccc3)C(=O)C21. The summed E-state index contributed by atoms with van der Waals surface area (Å²) in [5.41, 5.74) is -0.377. The molecule has 7 nitrogen and oxygen atoms in total. The lowest BCUT2D eigenvalue weighted by Crippen LogP contribution is -2.56. The minimum Gasteiger partial charge on any atom is -0.508 e. The molecule has 31 heavy (non-hydrogen) atoms. The van der Waals surface area contributed by atoms with Crippen molar-refractivity contribution in [3.05, 3.63) is 65.7 Å². The monoisotopic (exact) mass is 422 g/mol. The third-order valence-electron chi connectivity index (χ3n) is 6.31. The van der Waals surface area contributed by atoms with E-state index >= 15 is 0 Å². The quantitative estimate of drug-likeness (QED) is 0.618. The number of carboxylic acids is 1. The summed E-state index contributed by atoms with van der Waals surface area (Å²) < 4.78 is 0. The van der Waals surface area contributed by atoms with Crippen molar-refractivity contribution < 1.29 is 24.6 Å². The number of benzene rings is 2. The second kappa shape index (κ2) is 7.81. The Kier molecular flexibility index (Phi) is 5.31. The predicted octanol–water partition coefficient (Wildman–Crippen LogP) is 2.71. The number of carboxylic acid groups (broad SMARTS) is 1. The number of hydrogen-bond acceptors (Lipinski definition) is 5. The molecule has 4 atom stereocenters. The van der Waals surface area contributed by atoms with Crippen LogP contribution >= 0.6 is 0 Å². The van der Waals surface area contributed by atoms with E-state index in [1.54, 1.807) is 18.2 Å². The number of aromatic hydroxyl groups is 1. The van der Waals surface area contributed by atoms with Crippen molar-refractivity contribution in [2.75, 3.05) is 0 Å². The second-order valence-electron chi connectivity index (χ2n) is 8.81. The van der Waals surface area contributed by atoms with E-state index in [4.69, 9.17) is 0 Å². The maximum absolute atomic E-state index is 13.5. The molecule has 2 aliphatic rings. The van der Waals surface area contributed by atoms with Crippen LogP contribution in [0.4, 0.5) is 0 Å². The van der Waals surface area contributed by atoms with Gasteiger partial charge < -0.3 is 10.2 Å². The number of amides is 2. The first-order valence-electron chi connectivity index (χ1n) is 10.4. The van der Waals surface area contributed by atoms with E-state index in [0.29, 0.717) is 5.56 Å². The summed E-state index contributed by atoms with van der Waals surface area (Å²) in [4.78, 5) is 40.7. The largest absolute Gasteiger partial charge is 0.508 e. The van der Waals surface area contributed by atoms with Gasteiger partial charge in [-0.15, -0.1) is 0 Å². The molecule has 2 amide bonds. The van der Waals surface area contributed by atoms with Crippen molar-refractivity contribution >= 4 is 17.8 Å². The van der Waals surface area contributed by atoms with Gasteiger partial charge in [0, 0.05) is 11.6 Å². The highest BCUT2D eigenvalue weighted by atomic mass is 16.4. The fourth-order valence-corrected chi connectivity index (χ4v) is 5.12. The van der Waals surface area contributed by atoms with Gasteiger partial charge in [-0.2, -0.15) is 0 Å². The Morgan fingerprint density at radius 3 is 2.32 bits per heavy atom. The number of para-hydroxylation sites is 1. The summed E-state index contributed by atoms with van der Waals surface area (Å²) in [6.07, 6.45) is 0.186. The lowest BCUT2D eigenvalue weighted by Gasteiger charge is -2.32. The van der Waals surface area contributed by atoms with Gasteiger partial charge in [0.25, 0.3) is 0 Å². The number of aliphatic carboxylic acids is 1. The van der Waals surface area contributed by atoms with Gasteiger partial charge in [0.15, 0.2) is 0 Å². The van der Waals surface area contributed by atoms with E-state index in [1.807, 2.05) is 44.2 Å². The normalized spacial score (nSPS) is 27.7. The van der Waals surface area contributed by atoms with Crippen LogP contribution in [0.3, 0.4) is 0 Å². The lowest BCUT2D eigenvalue weighted by atomic mass is 9.75. The van der Waals surface area contributed by atoms with Crippen LogP contribution in [-0.2, 0) is 20.9 Å². The second-order valence-corrected chi connectivity index (χ2v) is 8.81. The van der Waals surface area contributed by atoms with Crippen molar-refractivity contribution in [2.24, 2.45) is 17.8 Å². The third-order valence-corrected chi connectivity index (χ3v) is 6.31. The van der Waals surface area contributed by atoms with E-state index < -0.39 is 41.2 Å². The van der Waals surface area contributed by atoms with Crippen molar-refractivity contribution in [1.29, 1.82) is 0 Å². The van der Waals surface area contributed by atoms with Crippen LogP contribution in [-0.4, -0.2) is 38.4 Å². The van der Waals surface area contributed by atoms with Crippen molar-refractivity contribution in [3.8, 4) is 5.75 Å². The summed E-state index contributed by atoms with van der Waals surface area (Å²) in [5, 5.41) is 23.8. The van der Waals surface area contributed by atoms with E-state index in [9.17, 15) is 24.6 Å². The van der Waals surface area contributed by atoms with Gasteiger partial charge in [0.05, 0.1) is 18.4 Å². The summed E-state index contributed by atoms with van der Waals surface area (Å²) in [7, 11) is 0. The van der Waals surface area contributed by atoms with Gasteiger partial charge in [-0.1, -0.05) is 62.4 Å². The zero-order chi connectivity index (χ0) is 22.3. The number of rotatable bonds is 6. The average Bonchev–Trinajstić information content (AvgIpc) is 3.19. The molecule has 162 valence electrons. The van der Waals surface area contributed by atoms with Crippen LogP contribution in [0.5, 0.6) is 5.75 Å². The number of nitrogens with one attached hydrogen (secondary N) is 1. The summed E-state index contributed by atoms with van der Waals surface area (Å²) in [6.45, 7) is 3.87. The fraction of sp³-hybridized carbons (Fsp3) is 0.375. The van der Waals surface area contributed by atoms with Crippen molar-refractivity contribution in [2.45, 2.75) is 38.4 Å². The minimum absolute atomic E-state index is 0.0292. The van der Waals surface area contributed by atoms with Gasteiger partial charge in [-0.3, -0.25) is 24.6 Å². The number of fused-ring (bicyclic) bond motifs is 1. The molecule has 0 aromatic heterocycles. The van der Waals surface area contributed by atoms with Gasteiger partial charge in [0.1, 0.15) is 11.3 Å². The molecule has 4 rings (SSSR count). The Hall–Kier alpha value is -3.19. The molecular weight excluding hydrogens is 396 g/mol. The minimum atomic E-state index is -1.59. The summed E-state index contributed by atoms with van der Waals surface area (Å²) in [6, 6.07) is 14.9. The van der Waals surface area contributed by atoms with Crippen LogP contribution in [0.1, 0.15) is 37.4 Å². The Morgan fingerprint density at radius 2 is 1.71 bits per heavy atom. The van der Waals surface area contributed by atoms with Crippen LogP contribution < -0.4 is 5.32 Å². The molecule has 7 heteroatoms. The molecule has 2 saturated heterocycles. The van der Waals surface area contributed by atoms with Gasteiger partial charge in [-0.05, 0) is 24.0 Å². The lowest BCUT2D eigenvalue weighted by molar-refractivity contribution is -0.152. The zero-order valence-electron chi connectivity index (χ0n) is 17.5. The number of nitrogens with zero attached hydrogens (tertiary/aromatic N) is 1. The first-order valence-corrected chi connectivity index (χ1v) is 10.4. The summed E-state index contributed by atoms with van der Waals surface area (Å²) in [5.74, 6) is -4.06. The molecule has 2 heterocycles. The molecule has 4 unspecified atom stereocenters. The first-order chi connectivity index (χ1) is 14.8. The van der Waals surface area contributed by atoms with E-state index in [0.717, 1.165) is 5.56 Å². The number of carbonyl (C=O) groups is 3. The van der Waals surface area contributed by atoms with Gasteiger partial charge >= 0.3 is 5.97 Å². The third kappa shape index (κ3) is 3.39. The molecule has 0 radical (unpaired) electrons. The molecule has 2 aromatic carbocycles. The van der Waals surface area contributed by atoms with E-state index in [2.05, 4.69) is 5.32 Å². The molecule has 0 saturated carbocycles. The van der Waals surface area contributed by atoms with E-state index in [-0.39, 0.29) is 24.6 Å². The maximum Gasteiger partial charge on any atom is 0.324 e. The molecular formula is C24H26N2O5. The Labute approximate surface area is 180 Å². The van der Waals surface area contributed by atoms with Crippen molar-refractivity contribution in [1.82, 2.24) is 10.2 Å². The Balaban J connectivity index is 1.81. The average molecular weight is 422 g/mol. The number of phenols is 1. The highest BCUT2D eigenvalue weighted by Crippen LogP contribution is 2.52. The summed E-state index contributed by atoms with van der Waals surface area (Å²) >= 11 is 0. The highest BCUT2D eigenvalue weighted by Gasteiger charge is 2.68. The maximum atomic E-state index is 13.5.